The van der Waals surface area contributed by atoms with Crippen molar-refractivity contribution in [3.05, 3.63) is 158 Å². The van der Waals surface area contributed by atoms with Gasteiger partial charge >= 0.3 is 0 Å². The summed E-state index contributed by atoms with van der Waals surface area (Å²) in [5.41, 5.74) is 28.2. The van der Waals surface area contributed by atoms with E-state index in [1.54, 1.807) is 0 Å². The largest absolute Gasteiger partial charge is 0.311 e. The fourth-order valence-corrected chi connectivity index (χ4v) is 14.8. The predicted octanol–water partition coefficient (Wildman–Crippen LogP) is 15.3. The zero-order chi connectivity index (χ0) is 47.9. The number of nitrogens with zero attached hydrogens (tertiary/aromatic N) is 2. The van der Waals surface area contributed by atoms with Crippen LogP contribution in [0.2, 0.25) is 0 Å². The van der Waals surface area contributed by atoms with Gasteiger partial charge in [0.25, 0.3) is 6.71 Å². The average molecular weight is 883 g/mol. The van der Waals surface area contributed by atoms with Gasteiger partial charge in [-0.25, -0.2) is 0 Å². The van der Waals surface area contributed by atoms with Crippen molar-refractivity contribution in [3.63, 3.8) is 0 Å². The molecule has 0 radical (unpaired) electrons. The zero-order valence-corrected chi connectivity index (χ0v) is 44.0. The SMILES string of the molecule is Cc1cc2c3c(c1)N(c1cc4c(cc1C)C(C)(C)CCC4(C)C)c1cc4c(cc1B3c1cc(C(C)(C)c3ccccc3)ccc1N2c1cc2c(cc1C)C(C)(C)CC2(C)C)C(C)(C)CC4(C)C. The molecule has 0 bridgehead atoms. The summed E-state index contributed by atoms with van der Waals surface area (Å²) < 4.78 is 0. The fraction of sp³-hybridized carbons (Fsp3) is 0.438. The highest BCUT2D eigenvalue weighted by Crippen LogP contribution is 2.56. The number of hydrogen-bond donors (Lipinski definition) is 0. The summed E-state index contributed by atoms with van der Waals surface area (Å²) in [5.74, 6) is 0. The van der Waals surface area contributed by atoms with Crippen LogP contribution in [0.4, 0.5) is 34.1 Å². The lowest BCUT2D eigenvalue weighted by atomic mass is 9.33. The maximum absolute atomic E-state index is 2.74. The highest BCUT2D eigenvalue weighted by Gasteiger charge is 2.50. The van der Waals surface area contributed by atoms with Crippen molar-refractivity contribution in [2.45, 2.75) is 181 Å². The van der Waals surface area contributed by atoms with Crippen LogP contribution in [0.25, 0.3) is 0 Å². The first kappa shape index (κ1) is 44.5. The molecule has 0 amide bonds. The van der Waals surface area contributed by atoms with E-state index in [0.717, 1.165) is 12.8 Å². The molecule has 2 aliphatic heterocycles. The van der Waals surface area contributed by atoms with Gasteiger partial charge in [-0.05, 0) is 193 Å². The van der Waals surface area contributed by atoms with Gasteiger partial charge in [-0.2, -0.15) is 0 Å². The monoisotopic (exact) mass is 883 g/mol. The smallest absolute Gasteiger partial charge is 0.252 e. The number of rotatable bonds is 4. The van der Waals surface area contributed by atoms with E-state index < -0.39 is 0 Å². The van der Waals surface area contributed by atoms with E-state index >= 15 is 0 Å². The van der Waals surface area contributed by atoms with Crippen molar-refractivity contribution in [2.75, 3.05) is 9.80 Å². The standard InChI is InChI=1S/C64H75BN2/c1-38-27-55-57-56(28-38)67(53-33-46-43(29-39(53)2)58(4,5)25-26-59(46,6)7)54-35-48-45(61(10,11)37-63(48,14)15)32-50(54)65(57)49-31-42(64(16,17)41-21-19-18-20-22-41)23-24-51(49)66(55)52-34-47-44(30-40(52)3)60(8,9)36-62(47,12)13/h18-24,27-35H,25-26,36-37H2,1-17H3. The first-order valence-corrected chi connectivity index (χ1v) is 25.6. The van der Waals surface area contributed by atoms with Crippen LogP contribution < -0.4 is 26.2 Å². The van der Waals surface area contributed by atoms with Crippen LogP contribution in [0.3, 0.4) is 0 Å². The van der Waals surface area contributed by atoms with E-state index in [2.05, 4.69) is 225 Å². The van der Waals surface area contributed by atoms with Crippen molar-refractivity contribution in [3.8, 4) is 0 Å². The Morgan fingerprint density at radius 3 is 1.34 bits per heavy atom. The van der Waals surface area contributed by atoms with E-state index in [4.69, 9.17) is 0 Å². The first-order chi connectivity index (χ1) is 31.1. The molecule has 67 heavy (non-hydrogen) atoms. The molecule has 0 N–H and O–H groups in total. The Morgan fingerprint density at radius 2 is 0.821 bits per heavy atom. The Labute approximate surface area is 404 Å². The van der Waals surface area contributed by atoms with Gasteiger partial charge in [0.2, 0.25) is 0 Å². The van der Waals surface area contributed by atoms with E-state index in [9.17, 15) is 0 Å². The molecule has 0 fully saturated rings. The molecule has 5 aliphatic rings. The van der Waals surface area contributed by atoms with Gasteiger partial charge in [0.15, 0.2) is 0 Å². The lowest BCUT2D eigenvalue weighted by Crippen LogP contribution is -2.62. The number of fused-ring (bicyclic) bond motifs is 7. The third-order valence-electron chi connectivity index (χ3n) is 18.2. The lowest BCUT2D eigenvalue weighted by Gasteiger charge is -2.47. The maximum Gasteiger partial charge on any atom is 0.252 e. The molecule has 3 heteroatoms. The van der Waals surface area contributed by atoms with Gasteiger partial charge in [0, 0.05) is 39.5 Å². The van der Waals surface area contributed by atoms with Crippen molar-refractivity contribution < 1.29 is 0 Å². The Bertz CT molecular complexity index is 3100. The number of benzene rings is 6. The van der Waals surface area contributed by atoms with Crippen LogP contribution in [0.15, 0.2) is 97.1 Å². The Kier molecular flexibility index (Phi) is 9.18. The van der Waals surface area contributed by atoms with Crippen LogP contribution in [0.1, 0.15) is 184 Å². The molecule has 2 nitrogen and oxygen atoms in total. The third-order valence-corrected chi connectivity index (χ3v) is 18.2. The van der Waals surface area contributed by atoms with Gasteiger partial charge in [-0.3, -0.25) is 0 Å². The number of hydrogen-bond acceptors (Lipinski definition) is 2. The molecule has 0 unspecified atom stereocenters. The molecular weight excluding hydrogens is 808 g/mol. The summed E-state index contributed by atoms with van der Waals surface area (Å²) in [5, 5.41) is 0. The van der Waals surface area contributed by atoms with Crippen molar-refractivity contribution >= 4 is 57.2 Å². The summed E-state index contributed by atoms with van der Waals surface area (Å²) in [6.45, 7) is 41.6. The van der Waals surface area contributed by atoms with E-state index in [-0.39, 0.29) is 44.6 Å². The minimum atomic E-state index is -0.203. The van der Waals surface area contributed by atoms with Crippen molar-refractivity contribution in [2.24, 2.45) is 0 Å². The third kappa shape index (κ3) is 6.34. The molecule has 0 saturated carbocycles. The molecule has 0 aromatic heterocycles. The Hall–Kier alpha value is -5.02. The van der Waals surface area contributed by atoms with Crippen LogP contribution in [0.5, 0.6) is 0 Å². The number of aryl methyl sites for hydroxylation is 3. The van der Waals surface area contributed by atoms with Gasteiger partial charge in [0.05, 0.1) is 0 Å². The van der Waals surface area contributed by atoms with Crippen molar-refractivity contribution in [1.82, 2.24) is 0 Å². The molecule has 344 valence electrons. The fourth-order valence-electron chi connectivity index (χ4n) is 14.8. The topological polar surface area (TPSA) is 6.48 Å². The lowest BCUT2D eigenvalue weighted by molar-refractivity contribution is 0.332. The highest BCUT2D eigenvalue weighted by atomic mass is 15.2. The quantitative estimate of drug-likeness (QED) is 0.163. The average Bonchev–Trinajstić information content (AvgIpc) is 3.54. The van der Waals surface area contributed by atoms with Gasteiger partial charge < -0.3 is 9.80 Å². The molecule has 3 aliphatic carbocycles. The zero-order valence-electron chi connectivity index (χ0n) is 44.0. The molecule has 2 heterocycles. The molecule has 6 aromatic rings. The van der Waals surface area contributed by atoms with Crippen molar-refractivity contribution in [1.29, 1.82) is 0 Å². The Morgan fingerprint density at radius 1 is 0.403 bits per heavy atom. The Balaban J connectivity index is 1.27. The predicted molar refractivity (Wildman–Crippen MR) is 290 cm³/mol. The molecule has 0 atom stereocenters. The number of anilines is 6. The second-order valence-corrected chi connectivity index (χ2v) is 26.6. The highest BCUT2D eigenvalue weighted by molar-refractivity contribution is 7.00. The maximum atomic E-state index is 2.74. The first-order valence-electron chi connectivity index (χ1n) is 25.6. The summed E-state index contributed by atoms with van der Waals surface area (Å²) >= 11 is 0. The summed E-state index contributed by atoms with van der Waals surface area (Å²) in [6.07, 6.45) is 4.67. The molecule has 0 spiro atoms. The van der Waals surface area contributed by atoms with E-state index in [0.29, 0.717) is 0 Å². The molecule has 6 aromatic carbocycles. The summed E-state index contributed by atoms with van der Waals surface area (Å²) in [7, 11) is 0. The van der Waals surface area contributed by atoms with E-state index in [1.165, 1.54) is 125 Å². The van der Waals surface area contributed by atoms with Gasteiger partial charge in [0.1, 0.15) is 0 Å². The minimum Gasteiger partial charge on any atom is -0.311 e. The second-order valence-electron chi connectivity index (χ2n) is 26.6. The summed E-state index contributed by atoms with van der Waals surface area (Å²) in [6, 6.07) is 39.5. The van der Waals surface area contributed by atoms with Crippen LogP contribution >= 0.6 is 0 Å². The van der Waals surface area contributed by atoms with Crippen LogP contribution in [0, 0.1) is 20.8 Å². The minimum absolute atomic E-state index is 0.0397. The molecule has 0 saturated heterocycles. The molecule has 11 rings (SSSR count). The van der Waals surface area contributed by atoms with Crippen LogP contribution in [-0.2, 0) is 37.9 Å². The summed E-state index contributed by atoms with van der Waals surface area (Å²) in [4.78, 5) is 5.44. The normalized spacial score (nSPS) is 20.4. The van der Waals surface area contributed by atoms with Crippen LogP contribution in [-0.4, -0.2) is 6.71 Å². The van der Waals surface area contributed by atoms with Gasteiger partial charge in [-0.15, -0.1) is 0 Å². The second kappa shape index (κ2) is 13.8. The van der Waals surface area contributed by atoms with E-state index in [1.807, 2.05) is 0 Å². The van der Waals surface area contributed by atoms with Gasteiger partial charge in [-0.1, -0.05) is 158 Å². The molecular formula is C64H75BN2.